The first-order chi connectivity index (χ1) is 7.99. The molecular formula is C12H21NO3S. The van der Waals surface area contributed by atoms with Crippen LogP contribution in [0.4, 0.5) is 0 Å². The monoisotopic (exact) mass is 259 g/mol. The Labute approximate surface area is 103 Å². The van der Waals surface area contributed by atoms with Crippen LogP contribution in [0.2, 0.25) is 0 Å². The molecule has 0 spiro atoms. The number of carbonyl (C=O) groups is 1. The summed E-state index contributed by atoms with van der Waals surface area (Å²) in [4.78, 5) is 14.1. The molecule has 0 aromatic heterocycles. The summed E-state index contributed by atoms with van der Waals surface area (Å²) in [6.07, 6.45) is 4.79. The quantitative estimate of drug-likeness (QED) is 0.659. The molecule has 2 fully saturated rings. The third kappa shape index (κ3) is 3.07. The van der Waals surface area contributed by atoms with Crippen molar-refractivity contribution in [2.24, 2.45) is 0 Å². The first-order valence-electron chi connectivity index (χ1n) is 6.48. The molecule has 0 aromatic rings. The number of hydrogen-bond acceptors (Lipinski definition) is 4. The van der Waals surface area contributed by atoms with Gasteiger partial charge in [-0.05, 0) is 19.8 Å². The molecule has 0 radical (unpaired) electrons. The number of carbonyl (C=O) groups excluding carboxylic acids is 1. The first kappa shape index (κ1) is 13.0. The van der Waals surface area contributed by atoms with E-state index in [9.17, 15) is 13.2 Å². The molecule has 0 N–H and O–H groups in total. The molecule has 1 saturated carbocycles. The van der Waals surface area contributed by atoms with Crippen LogP contribution in [0.15, 0.2) is 0 Å². The fraction of sp³-hybridized carbons (Fsp3) is 0.917. The van der Waals surface area contributed by atoms with Crippen LogP contribution in [0.1, 0.15) is 39.0 Å². The number of Topliss-reactive ketones (excluding diaryl/α,β-unsaturated/α-hetero) is 1. The van der Waals surface area contributed by atoms with E-state index in [1.807, 2.05) is 6.92 Å². The normalized spacial score (nSPS) is 35.5. The summed E-state index contributed by atoms with van der Waals surface area (Å²) in [5.41, 5.74) is 0. The summed E-state index contributed by atoms with van der Waals surface area (Å²) in [5, 5.41) is 0. The Morgan fingerprint density at radius 2 is 2.00 bits per heavy atom. The molecule has 0 bridgehead atoms. The minimum atomic E-state index is -2.88. The van der Waals surface area contributed by atoms with Gasteiger partial charge in [0.05, 0.1) is 17.5 Å². The zero-order valence-corrected chi connectivity index (χ0v) is 11.2. The van der Waals surface area contributed by atoms with E-state index in [1.54, 1.807) is 0 Å². The maximum atomic E-state index is 12.0. The predicted molar refractivity (Wildman–Crippen MR) is 66.7 cm³/mol. The van der Waals surface area contributed by atoms with E-state index in [-0.39, 0.29) is 23.6 Å². The lowest BCUT2D eigenvalue weighted by molar-refractivity contribution is -0.124. The van der Waals surface area contributed by atoms with E-state index in [4.69, 9.17) is 0 Å². The van der Waals surface area contributed by atoms with E-state index in [2.05, 4.69) is 4.90 Å². The van der Waals surface area contributed by atoms with Crippen molar-refractivity contribution in [3.63, 3.8) is 0 Å². The standard InChI is InChI=1S/C12H21NO3S/c1-10-9-17(15,16)8-7-13(10)11-5-3-2-4-6-12(11)14/h10-11H,2-9H2,1H3. The fourth-order valence-electron chi connectivity index (χ4n) is 2.97. The number of rotatable bonds is 1. The van der Waals surface area contributed by atoms with E-state index in [1.165, 1.54) is 0 Å². The van der Waals surface area contributed by atoms with Crippen LogP contribution in [0, 0.1) is 0 Å². The van der Waals surface area contributed by atoms with Gasteiger partial charge in [-0.3, -0.25) is 9.69 Å². The third-order valence-electron chi connectivity index (χ3n) is 3.89. The van der Waals surface area contributed by atoms with E-state index in [0.29, 0.717) is 18.7 Å². The van der Waals surface area contributed by atoms with Gasteiger partial charge in [0.15, 0.2) is 9.84 Å². The van der Waals surface area contributed by atoms with Crippen LogP contribution in [-0.4, -0.2) is 49.2 Å². The minimum absolute atomic E-state index is 0.0131. The van der Waals surface area contributed by atoms with Crippen LogP contribution < -0.4 is 0 Å². The zero-order chi connectivity index (χ0) is 12.5. The molecule has 0 aromatic carbocycles. The molecular weight excluding hydrogens is 238 g/mol. The van der Waals surface area contributed by atoms with Crippen molar-refractivity contribution >= 4 is 15.6 Å². The van der Waals surface area contributed by atoms with Crippen LogP contribution in [0.3, 0.4) is 0 Å². The predicted octanol–water partition coefficient (Wildman–Crippen LogP) is 1.01. The van der Waals surface area contributed by atoms with Gasteiger partial charge in [0.1, 0.15) is 5.78 Å². The number of nitrogens with zero attached hydrogens (tertiary/aromatic N) is 1. The summed E-state index contributed by atoms with van der Waals surface area (Å²) in [6.45, 7) is 2.45. The van der Waals surface area contributed by atoms with Gasteiger partial charge in [0.25, 0.3) is 0 Å². The Hall–Kier alpha value is -0.420. The van der Waals surface area contributed by atoms with Gasteiger partial charge >= 0.3 is 0 Å². The second kappa shape index (κ2) is 5.06. The zero-order valence-electron chi connectivity index (χ0n) is 10.4. The van der Waals surface area contributed by atoms with E-state index >= 15 is 0 Å². The average Bonchev–Trinajstić information content (AvgIpc) is 2.42. The van der Waals surface area contributed by atoms with Crippen molar-refractivity contribution in [1.82, 2.24) is 4.90 Å². The first-order valence-corrected chi connectivity index (χ1v) is 8.30. The molecule has 0 amide bonds. The van der Waals surface area contributed by atoms with Gasteiger partial charge in [0.2, 0.25) is 0 Å². The number of ketones is 1. The SMILES string of the molecule is CC1CS(=O)(=O)CCN1C1CCCCCC1=O. The molecule has 1 heterocycles. The van der Waals surface area contributed by atoms with Crippen LogP contribution in [-0.2, 0) is 14.6 Å². The van der Waals surface area contributed by atoms with E-state index < -0.39 is 9.84 Å². The second-order valence-electron chi connectivity index (χ2n) is 5.28. The molecule has 98 valence electrons. The lowest BCUT2D eigenvalue weighted by Gasteiger charge is -2.38. The molecule has 1 aliphatic carbocycles. The van der Waals surface area contributed by atoms with Gasteiger partial charge in [0, 0.05) is 19.0 Å². The summed E-state index contributed by atoms with van der Waals surface area (Å²) < 4.78 is 23.1. The summed E-state index contributed by atoms with van der Waals surface area (Å²) in [5.74, 6) is 0.728. The molecule has 1 aliphatic heterocycles. The second-order valence-corrected chi connectivity index (χ2v) is 7.51. The Bertz CT molecular complexity index is 391. The highest BCUT2D eigenvalue weighted by molar-refractivity contribution is 7.91. The van der Waals surface area contributed by atoms with Crippen LogP contribution in [0.5, 0.6) is 0 Å². The van der Waals surface area contributed by atoms with Gasteiger partial charge < -0.3 is 0 Å². The molecule has 4 nitrogen and oxygen atoms in total. The molecule has 2 atom stereocenters. The highest BCUT2D eigenvalue weighted by Gasteiger charge is 2.35. The van der Waals surface area contributed by atoms with Crippen molar-refractivity contribution in [2.75, 3.05) is 18.1 Å². The van der Waals surface area contributed by atoms with Crippen molar-refractivity contribution in [3.8, 4) is 0 Å². The third-order valence-corrected chi connectivity index (χ3v) is 5.69. The van der Waals surface area contributed by atoms with Gasteiger partial charge in [-0.1, -0.05) is 12.8 Å². The highest BCUT2D eigenvalue weighted by atomic mass is 32.2. The maximum Gasteiger partial charge on any atom is 0.153 e. The molecule has 2 aliphatic rings. The number of sulfone groups is 1. The Morgan fingerprint density at radius 3 is 2.71 bits per heavy atom. The van der Waals surface area contributed by atoms with Crippen LogP contribution >= 0.6 is 0 Å². The van der Waals surface area contributed by atoms with Gasteiger partial charge in [-0.15, -0.1) is 0 Å². The minimum Gasteiger partial charge on any atom is -0.298 e. The van der Waals surface area contributed by atoms with Gasteiger partial charge in [-0.2, -0.15) is 0 Å². The number of hydrogen-bond donors (Lipinski definition) is 0. The molecule has 1 saturated heterocycles. The van der Waals surface area contributed by atoms with Crippen molar-refractivity contribution in [2.45, 2.75) is 51.1 Å². The smallest absolute Gasteiger partial charge is 0.153 e. The molecule has 5 heteroatoms. The topological polar surface area (TPSA) is 54.5 Å². The van der Waals surface area contributed by atoms with Crippen molar-refractivity contribution in [1.29, 1.82) is 0 Å². The summed E-state index contributed by atoms with van der Waals surface area (Å²) in [7, 11) is -2.88. The van der Waals surface area contributed by atoms with Crippen LogP contribution in [0.25, 0.3) is 0 Å². The molecule has 2 rings (SSSR count). The lowest BCUT2D eigenvalue weighted by Crippen LogP contribution is -2.53. The van der Waals surface area contributed by atoms with Crippen molar-refractivity contribution in [3.05, 3.63) is 0 Å². The Morgan fingerprint density at radius 1 is 1.24 bits per heavy atom. The fourth-order valence-corrected chi connectivity index (χ4v) is 4.55. The highest BCUT2D eigenvalue weighted by Crippen LogP contribution is 2.23. The van der Waals surface area contributed by atoms with Crippen molar-refractivity contribution < 1.29 is 13.2 Å². The molecule has 17 heavy (non-hydrogen) atoms. The largest absolute Gasteiger partial charge is 0.298 e. The van der Waals surface area contributed by atoms with Gasteiger partial charge in [-0.25, -0.2) is 8.42 Å². The van der Waals surface area contributed by atoms with E-state index in [0.717, 1.165) is 25.7 Å². The Kier molecular flexibility index (Phi) is 3.88. The average molecular weight is 259 g/mol. The molecule has 2 unspecified atom stereocenters. The Balaban J connectivity index is 2.08. The summed E-state index contributed by atoms with van der Waals surface area (Å²) >= 11 is 0. The lowest BCUT2D eigenvalue weighted by atomic mass is 10.0. The summed E-state index contributed by atoms with van der Waals surface area (Å²) in [6, 6.07) is -0.0381. The maximum absolute atomic E-state index is 12.0.